The lowest BCUT2D eigenvalue weighted by atomic mass is 10.2. The summed E-state index contributed by atoms with van der Waals surface area (Å²) in [6.45, 7) is 0. The van der Waals surface area contributed by atoms with Crippen molar-refractivity contribution < 1.29 is 22.7 Å². The molecule has 0 bridgehead atoms. The maximum atomic E-state index is 12.7. The second-order valence-electron chi connectivity index (χ2n) is 4.39. The molecule has 0 aliphatic carbocycles. The summed E-state index contributed by atoms with van der Waals surface area (Å²) in [5.41, 5.74) is -1.04. The summed E-state index contributed by atoms with van der Waals surface area (Å²) < 4.78 is 38.6. The van der Waals surface area contributed by atoms with Gasteiger partial charge < -0.3 is 10.5 Å². The van der Waals surface area contributed by atoms with Gasteiger partial charge in [-0.1, -0.05) is 11.6 Å². The van der Waals surface area contributed by atoms with Crippen molar-refractivity contribution in [3.05, 3.63) is 58.4 Å². The highest BCUT2D eigenvalue weighted by atomic mass is 35.5. The zero-order valence-corrected chi connectivity index (χ0v) is 13.0. The minimum Gasteiger partial charge on any atom is -0.618 e. The quantitative estimate of drug-likeness (QED) is 0.512. The Morgan fingerprint density at radius 1 is 1.30 bits per heavy atom. The van der Waals surface area contributed by atoms with Crippen LogP contribution in [0.25, 0.3) is 0 Å². The smallest absolute Gasteiger partial charge is 0.416 e. The number of alkyl halides is 3. The van der Waals surface area contributed by atoms with E-state index in [1.54, 1.807) is 12.1 Å². The molecule has 0 saturated carbocycles. The maximum absolute atomic E-state index is 12.7. The van der Waals surface area contributed by atoms with Crippen LogP contribution in [0, 0.1) is 5.21 Å². The molecule has 0 aliphatic rings. The third kappa shape index (κ3) is 4.77. The SMILES string of the molecule is O=C(CSc1cccc[n+]1[O-])Nc1cc(C(F)(F)F)ccc1Cl. The lowest BCUT2D eigenvalue weighted by molar-refractivity contribution is -0.645. The number of carbonyl (C=O) groups is 1. The van der Waals surface area contributed by atoms with E-state index in [2.05, 4.69) is 5.32 Å². The molecule has 122 valence electrons. The Labute approximate surface area is 138 Å². The van der Waals surface area contributed by atoms with E-state index in [4.69, 9.17) is 11.6 Å². The highest BCUT2D eigenvalue weighted by Crippen LogP contribution is 2.33. The second kappa shape index (κ2) is 7.10. The van der Waals surface area contributed by atoms with Gasteiger partial charge in [-0.2, -0.15) is 17.9 Å². The van der Waals surface area contributed by atoms with Gasteiger partial charge in [-0.25, -0.2) is 0 Å². The first kappa shape index (κ1) is 17.4. The van der Waals surface area contributed by atoms with Crippen molar-refractivity contribution in [2.24, 2.45) is 0 Å². The molecule has 0 unspecified atom stereocenters. The number of pyridine rings is 1. The Kier molecular flexibility index (Phi) is 5.38. The minimum absolute atomic E-state index is 0.00468. The van der Waals surface area contributed by atoms with Crippen LogP contribution in [0.2, 0.25) is 5.02 Å². The number of rotatable bonds is 4. The highest BCUT2D eigenvalue weighted by molar-refractivity contribution is 7.99. The average Bonchev–Trinajstić information content (AvgIpc) is 2.47. The van der Waals surface area contributed by atoms with Gasteiger partial charge in [0.1, 0.15) is 0 Å². The Morgan fingerprint density at radius 2 is 2.04 bits per heavy atom. The fourth-order valence-corrected chi connectivity index (χ4v) is 2.53. The van der Waals surface area contributed by atoms with Gasteiger partial charge in [0.2, 0.25) is 5.91 Å². The number of thioether (sulfide) groups is 1. The highest BCUT2D eigenvalue weighted by Gasteiger charge is 2.31. The fourth-order valence-electron chi connectivity index (χ4n) is 1.65. The summed E-state index contributed by atoms with van der Waals surface area (Å²) in [7, 11) is 0. The molecule has 1 heterocycles. The third-order valence-corrected chi connectivity index (χ3v) is 4.06. The number of hydrogen-bond donors (Lipinski definition) is 1. The third-order valence-electron chi connectivity index (χ3n) is 2.71. The molecule has 4 nitrogen and oxygen atoms in total. The average molecular weight is 363 g/mol. The molecule has 1 aromatic carbocycles. The summed E-state index contributed by atoms with van der Waals surface area (Å²) in [6.07, 6.45) is -3.25. The van der Waals surface area contributed by atoms with Crippen LogP contribution in [0.1, 0.15) is 5.56 Å². The molecule has 9 heteroatoms. The van der Waals surface area contributed by atoms with Crippen molar-refractivity contribution in [2.75, 3.05) is 11.1 Å². The van der Waals surface area contributed by atoms with Crippen LogP contribution in [0.3, 0.4) is 0 Å². The summed E-state index contributed by atoms with van der Waals surface area (Å²) in [5.74, 6) is -0.709. The number of hydrogen-bond acceptors (Lipinski definition) is 3. The van der Waals surface area contributed by atoms with Crippen molar-refractivity contribution >= 4 is 35.0 Å². The van der Waals surface area contributed by atoms with Crippen molar-refractivity contribution in [3.8, 4) is 0 Å². The topological polar surface area (TPSA) is 56.0 Å². The van der Waals surface area contributed by atoms with Crippen LogP contribution in [-0.2, 0) is 11.0 Å². The van der Waals surface area contributed by atoms with E-state index in [9.17, 15) is 23.2 Å². The van der Waals surface area contributed by atoms with Crippen LogP contribution in [0.15, 0.2) is 47.6 Å². The molecule has 2 aromatic rings. The molecule has 1 N–H and O–H groups in total. The van der Waals surface area contributed by atoms with Crippen molar-refractivity contribution in [1.29, 1.82) is 0 Å². The lowest BCUT2D eigenvalue weighted by Gasteiger charge is -2.11. The largest absolute Gasteiger partial charge is 0.618 e. The Morgan fingerprint density at radius 3 is 2.70 bits per heavy atom. The van der Waals surface area contributed by atoms with E-state index >= 15 is 0 Å². The molecular weight excluding hydrogens is 353 g/mol. The van der Waals surface area contributed by atoms with Gasteiger partial charge in [0.15, 0.2) is 6.20 Å². The summed E-state index contributed by atoms with van der Waals surface area (Å²) in [6, 6.07) is 7.37. The molecule has 0 spiro atoms. The van der Waals surface area contributed by atoms with E-state index in [1.165, 1.54) is 12.3 Å². The van der Waals surface area contributed by atoms with Gasteiger partial charge >= 0.3 is 6.18 Å². The van der Waals surface area contributed by atoms with E-state index in [1.807, 2.05) is 0 Å². The standard InChI is InChI=1S/C14H10ClF3N2O2S/c15-10-5-4-9(14(16,17)18)7-11(10)19-12(21)8-23-13-3-1-2-6-20(13)22/h1-7H,8H2,(H,19,21). The molecule has 0 saturated heterocycles. The second-order valence-corrected chi connectivity index (χ2v) is 5.80. The minimum atomic E-state index is -4.53. The van der Waals surface area contributed by atoms with Gasteiger partial charge in [0.05, 0.1) is 22.0 Å². The summed E-state index contributed by atoms with van der Waals surface area (Å²) in [4.78, 5) is 11.8. The first-order valence-electron chi connectivity index (χ1n) is 6.25. The first-order chi connectivity index (χ1) is 10.8. The molecule has 2 rings (SSSR count). The zero-order valence-electron chi connectivity index (χ0n) is 11.4. The number of halogens is 4. The van der Waals surface area contributed by atoms with Gasteiger partial charge in [-0.15, -0.1) is 0 Å². The van der Waals surface area contributed by atoms with Crippen LogP contribution in [0.4, 0.5) is 18.9 Å². The molecule has 1 amide bonds. The molecule has 0 fully saturated rings. The monoisotopic (exact) mass is 362 g/mol. The van der Waals surface area contributed by atoms with Gasteiger partial charge in [0.25, 0.3) is 5.03 Å². The molecule has 1 aromatic heterocycles. The number of nitrogens with zero attached hydrogens (tertiary/aromatic N) is 1. The molecule has 0 atom stereocenters. The fraction of sp³-hybridized carbons (Fsp3) is 0.143. The van der Waals surface area contributed by atoms with Gasteiger partial charge in [0, 0.05) is 12.1 Å². The van der Waals surface area contributed by atoms with Crippen LogP contribution < -0.4 is 10.0 Å². The molecular formula is C14H10ClF3N2O2S. The van der Waals surface area contributed by atoms with Crippen LogP contribution >= 0.6 is 23.4 Å². The zero-order chi connectivity index (χ0) is 17.0. The van der Waals surface area contributed by atoms with Crippen LogP contribution in [-0.4, -0.2) is 11.7 Å². The normalized spacial score (nSPS) is 11.3. The number of aromatic nitrogens is 1. The molecule has 0 radical (unpaired) electrons. The predicted octanol–water partition coefficient (Wildman–Crippen LogP) is 3.72. The number of anilines is 1. The molecule has 23 heavy (non-hydrogen) atoms. The number of amides is 1. The van der Waals surface area contributed by atoms with Crippen molar-refractivity contribution in [2.45, 2.75) is 11.2 Å². The Balaban J connectivity index is 2.04. The van der Waals surface area contributed by atoms with E-state index < -0.39 is 17.6 Å². The number of carbonyl (C=O) groups excluding carboxylic acids is 1. The van der Waals surface area contributed by atoms with Crippen LogP contribution in [0.5, 0.6) is 0 Å². The van der Waals surface area contributed by atoms with E-state index in [0.29, 0.717) is 9.76 Å². The van der Waals surface area contributed by atoms with Gasteiger partial charge in [-0.05, 0) is 36.0 Å². The van der Waals surface area contributed by atoms with Gasteiger partial charge in [-0.3, -0.25) is 4.79 Å². The number of nitrogens with one attached hydrogen (secondary N) is 1. The predicted molar refractivity (Wildman–Crippen MR) is 81.2 cm³/mol. The maximum Gasteiger partial charge on any atom is 0.416 e. The molecule has 0 aliphatic heterocycles. The van der Waals surface area contributed by atoms with Crippen molar-refractivity contribution in [3.63, 3.8) is 0 Å². The van der Waals surface area contributed by atoms with E-state index in [0.717, 1.165) is 30.0 Å². The summed E-state index contributed by atoms with van der Waals surface area (Å²) in [5, 5.41) is 14.0. The van der Waals surface area contributed by atoms with E-state index in [-0.39, 0.29) is 16.5 Å². The Bertz CT molecular complexity index is 725. The Hall–Kier alpha value is -1.93. The number of benzene rings is 1. The first-order valence-corrected chi connectivity index (χ1v) is 7.61. The summed E-state index contributed by atoms with van der Waals surface area (Å²) >= 11 is 6.75. The lowest BCUT2D eigenvalue weighted by Crippen LogP contribution is -2.28. The van der Waals surface area contributed by atoms with Crippen molar-refractivity contribution in [1.82, 2.24) is 0 Å².